The second-order valence-corrected chi connectivity index (χ2v) is 3.98. The lowest BCUT2D eigenvalue weighted by atomic mass is 10.1. The third-order valence-corrected chi connectivity index (χ3v) is 2.40. The van der Waals surface area contributed by atoms with E-state index in [1.165, 1.54) is 0 Å². The maximum Gasteiger partial charge on any atom is 0.0733 e. The average Bonchev–Trinajstić information content (AvgIpc) is 2.02. The number of rotatable bonds is 0. The van der Waals surface area contributed by atoms with E-state index >= 15 is 0 Å². The van der Waals surface area contributed by atoms with Crippen LogP contribution < -0.4 is 5.73 Å². The first kappa shape index (κ1) is 8.51. The summed E-state index contributed by atoms with van der Waals surface area (Å²) in [5, 5.41) is 1.08. The Morgan fingerprint density at radius 2 is 2.08 bits per heavy atom. The molecule has 66 valence electrons. The Labute approximate surface area is 84.9 Å². The van der Waals surface area contributed by atoms with Crippen molar-refractivity contribution in [1.29, 1.82) is 0 Å². The first-order valence-electron chi connectivity index (χ1n) is 3.98. The number of nitrogens with two attached hydrogens (primary N) is 1. The number of fused-ring (bicyclic) bond motifs is 1. The number of anilines is 1. The molecule has 3 heteroatoms. The molecule has 0 amide bonds. The molecule has 0 unspecified atom stereocenters. The van der Waals surface area contributed by atoms with Crippen LogP contribution in [-0.2, 0) is 0 Å². The quantitative estimate of drug-likeness (QED) is 0.715. The zero-order valence-electron chi connectivity index (χ0n) is 7.21. The lowest BCUT2D eigenvalue weighted by Gasteiger charge is -2.03. The molecule has 1 heterocycles. The van der Waals surface area contributed by atoms with Crippen molar-refractivity contribution in [2.45, 2.75) is 6.92 Å². The topological polar surface area (TPSA) is 38.9 Å². The van der Waals surface area contributed by atoms with Gasteiger partial charge in [-0.1, -0.05) is 0 Å². The smallest absolute Gasteiger partial charge is 0.0733 e. The first-order valence-corrected chi connectivity index (χ1v) is 4.77. The summed E-state index contributed by atoms with van der Waals surface area (Å²) in [7, 11) is 0. The molecule has 2 nitrogen and oxygen atoms in total. The number of nitrogen functional groups attached to an aromatic ring is 1. The van der Waals surface area contributed by atoms with Gasteiger partial charge in [-0.15, -0.1) is 0 Å². The fraction of sp³-hybridized carbons (Fsp3) is 0.100. The second kappa shape index (κ2) is 3.00. The van der Waals surface area contributed by atoms with E-state index in [0.29, 0.717) is 0 Å². The number of hydrogen-bond acceptors (Lipinski definition) is 2. The Morgan fingerprint density at radius 1 is 1.31 bits per heavy atom. The van der Waals surface area contributed by atoms with Crippen molar-refractivity contribution in [3.05, 3.63) is 34.4 Å². The highest BCUT2D eigenvalue weighted by molar-refractivity contribution is 9.10. The van der Waals surface area contributed by atoms with Crippen molar-refractivity contribution < 1.29 is 0 Å². The fourth-order valence-electron chi connectivity index (χ4n) is 1.43. The van der Waals surface area contributed by atoms with E-state index in [2.05, 4.69) is 20.9 Å². The third-order valence-electron chi connectivity index (χ3n) is 1.96. The Hall–Kier alpha value is -1.09. The number of pyridine rings is 1. The molecule has 0 aliphatic carbocycles. The third kappa shape index (κ3) is 1.52. The molecule has 0 atom stereocenters. The molecule has 0 fully saturated rings. The lowest BCUT2D eigenvalue weighted by molar-refractivity contribution is 1.35. The van der Waals surface area contributed by atoms with Crippen molar-refractivity contribution in [3.63, 3.8) is 0 Å². The van der Waals surface area contributed by atoms with Crippen LogP contribution in [0.15, 0.2) is 28.9 Å². The molecule has 2 N–H and O–H groups in total. The number of aromatic nitrogens is 1. The van der Waals surface area contributed by atoms with Crippen LogP contribution in [0.2, 0.25) is 0 Å². The van der Waals surface area contributed by atoms with Crippen LogP contribution in [0, 0.1) is 6.92 Å². The minimum Gasteiger partial charge on any atom is -0.399 e. The molecule has 0 spiro atoms. The van der Waals surface area contributed by atoms with Crippen molar-refractivity contribution in [1.82, 2.24) is 4.98 Å². The van der Waals surface area contributed by atoms with Gasteiger partial charge in [0, 0.05) is 21.7 Å². The minimum absolute atomic E-state index is 0.782. The molecule has 0 aliphatic rings. The van der Waals surface area contributed by atoms with E-state index < -0.39 is 0 Å². The number of halogens is 1. The molecule has 13 heavy (non-hydrogen) atoms. The van der Waals surface area contributed by atoms with Crippen LogP contribution in [0.5, 0.6) is 0 Å². The Bertz CT molecular complexity index is 460. The Kier molecular flexibility index (Phi) is 1.96. The summed E-state index contributed by atoms with van der Waals surface area (Å²) in [5.41, 5.74) is 8.64. The molecule has 1 aromatic carbocycles. The van der Waals surface area contributed by atoms with Crippen molar-refractivity contribution >= 4 is 32.5 Å². The SMILES string of the molecule is Cc1cc(N)cc2cc(Br)cnc12. The van der Waals surface area contributed by atoms with E-state index in [4.69, 9.17) is 5.73 Å². The van der Waals surface area contributed by atoms with Gasteiger partial charge < -0.3 is 5.73 Å². The van der Waals surface area contributed by atoms with Crippen LogP contribution in [0.1, 0.15) is 5.56 Å². The van der Waals surface area contributed by atoms with Crippen molar-refractivity contribution in [2.75, 3.05) is 5.73 Å². The first-order chi connectivity index (χ1) is 6.16. The fourth-order valence-corrected chi connectivity index (χ4v) is 1.78. The molecule has 0 bridgehead atoms. The highest BCUT2D eigenvalue weighted by Gasteiger charge is 2.00. The van der Waals surface area contributed by atoms with E-state index in [-0.39, 0.29) is 0 Å². The highest BCUT2D eigenvalue weighted by Crippen LogP contribution is 2.22. The van der Waals surface area contributed by atoms with Gasteiger partial charge in [0.15, 0.2) is 0 Å². The largest absolute Gasteiger partial charge is 0.399 e. The predicted octanol–water partition coefficient (Wildman–Crippen LogP) is 2.89. The van der Waals surface area contributed by atoms with Crippen LogP contribution in [0.3, 0.4) is 0 Å². The van der Waals surface area contributed by atoms with Crippen molar-refractivity contribution in [2.24, 2.45) is 0 Å². The van der Waals surface area contributed by atoms with Gasteiger partial charge in [-0.25, -0.2) is 0 Å². The monoisotopic (exact) mass is 236 g/mol. The summed E-state index contributed by atoms with van der Waals surface area (Å²) in [5.74, 6) is 0. The van der Waals surface area contributed by atoms with Gasteiger partial charge in [0.2, 0.25) is 0 Å². The summed E-state index contributed by atoms with van der Waals surface area (Å²) in [4.78, 5) is 4.32. The molecule has 2 aromatic rings. The van der Waals surface area contributed by atoms with E-state index in [1.807, 2.05) is 25.1 Å². The van der Waals surface area contributed by atoms with Crippen LogP contribution in [0.25, 0.3) is 10.9 Å². The molecule has 0 saturated heterocycles. The maximum absolute atomic E-state index is 5.73. The van der Waals surface area contributed by atoms with Gasteiger partial charge in [0.1, 0.15) is 0 Å². The zero-order valence-corrected chi connectivity index (χ0v) is 8.80. The molecule has 0 saturated carbocycles. The van der Waals surface area contributed by atoms with E-state index in [1.54, 1.807) is 6.20 Å². The molecular weight excluding hydrogens is 228 g/mol. The standard InChI is InChI=1S/C10H9BrN2/c1-6-2-9(12)4-7-3-8(11)5-13-10(6)7/h2-5H,12H2,1H3. The predicted molar refractivity (Wildman–Crippen MR) is 58.6 cm³/mol. The zero-order chi connectivity index (χ0) is 9.42. The molecule has 0 radical (unpaired) electrons. The summed E-state index contributed by atoms with van der Waals surface area (Å²) < 4.78 is 0.977. The molecular formula is C10H9BrN2. The van der Waals surface area contributed by atoms with Gasteiger partial charge in [0.25, 0.3) is 0 Å². The van der Waals surface area contributed by atoms with Crippen LogP contribution in [0.4, 0.5) is 5.69 Å². The summed E-state index contributed by atoms with van der Waals surface area (Å²) in [6.07, 6.45) is 1.80. The Balaban J connectivity index is 2.86. The van der Waals surface area contributed by atoms with Crippen LogP contribution >= 0.6 is 15.9 Å². The minimum atomic E-state index is 0.782. The number of aryl methyl sites for hydroxylation is 1. The Morgan fingerprint density at radius 3 is 2.85 bits per heavy atom. The van der Waals surface area contributed by atoms with Gasteiger partial charge in [-0.2, -0.15) is 0 Å². The van der Waals surface area contributed by atoms with Gasteiger partial charge in [0.05, 0.1) is 5.52 Å². The van der Waals surface area contributed by atoms with Gasteiger partial charge >= 0.3 is 0 Å². The second-order valence-electron chi connectivity index (χ2n) is 3.06. The molecule has 2 rings (SSSR count). The van der Waals surface area contributed by atoms with Gasteiger partial charge in [-0.3, -0.25) is 4.98 Å². The summed E-state index contributed by atoms with van der Waals surface area (Å²) >= 11 is 3.38. The molecule has 1 aromatic heterocycles. The van der Waals surface area contributed by atoms with E-state index in [9.17, 15) is 0 Å². The number of benzene rings is 1. The van der Waals surface area contributed by atoms with E-state index in [0.717, 1.165) is 26.6 Å². The maximum atomic E-state index is 5.73. The van der Waals surface area contributed by atoms with Gasteiger partial charge in [-0.05, 0) is 46.6 Å². The highest BCUT2D eigenvalue weighted by atomic mass is 79.9. The summed E-state index contributed by atoms with van der Waals surface area (Å²) in [6.45, 7) is 2.01. The normalized spacial score (nSPS) is 10.6. The average molecular weight is 237 g/mol. The summed E-state index contributed by atoms with van der Waals surface area (Å²) in [6, 6.07) is 5.88. The lowest BCUT2D eigenvalue weighted by Crippen LogP contribution is -1.89. The number of hydrogen-bond donors (Lipinski definition) is 1. The molecule has 0 aliphatic heterocycles. The number of nitrogens with zero attached hydrogens (tertiary/aromatic N) is 1. The van der Waals surface area contributed by atoms with Crippen molar-refractivity contribution in [3.8, 4) is 0 Å². The van der Waals surface area contributed by atoms with Crippen LogP contribution in [-0.4, -0.2) is 4.98 Å².